The second-order valence-corrected chi connectivity index (χ2v) is 7.53. The Morgan fingerprint density at radius 3 is 1.54 bits per heavy atom. The molecule has 0 aliphatic heterocycles. The molecule has 0 unspecified atom stereocenters. The van der Waals surface area contributed by atoms with Crippen LogP contribution in [0.2, 0.25) is 0 Å². The Bertz CT molecular complexity index is 569. The highest BCUT2D eigenvalue weighted by Crippen LogP contribution is 2.01. The van der Waals surface area contributed by atoms with Crippen molar-refractivity contribution in [3.8, 4) is 0 Å². The lowest BCUT2D eigenvalue weighted by Crippen LogP contribution is -2.35. The summed E-state index contributed by atoms with van der Waals surface area (Å²) in [4.78, 5) is 0. The normalized spacial score (nSPS) is 11.4. The van der Waals surface area contributed by atoms with Gasteiger partial charge in [0.15, 0.2) is 13.5 Å². The summed E-state index contributed by atoms with van der Waals surface area (Å²) in [5.41, 5.74) is 0. The number of hydrogen-bond acceptors (Lipinski definition) is 2. The summed E-state index contributed by atoms with van der Waals surface area (Å²) in [6, 6.07) is 0. The number of rotatable bonds is 17. The number of nitrogens with zero attached hydrogens (tertiary/aromatic N) is 4. The zero-order valence-corrected chi connectivity index (χ0v) is 18.0. The van der Waals surface area contributed by atoms with Crippen molar-refractivity contribution >= 4 is 0 Å². The molecule has 2 rings (SSSR count). The molecule has 2 heterocycles. The molecule has 0 spiro atoms. The molecule has 0 radical (unpaired) electrons. The van der Waals surface area contributed by atoms with Gasteiger partial charge in [0.2, 0.25) is 12.7 Å². The molecular weight excluding hydrogens is 352 g/mol. The fourth-order valence-electron chi connectivity index (χ4n) is 3.19. The first-order valence-electron chi connectivity index (χ1n) is 11.1. The van der Waals surface area contributed by atoms with E-state index < -0.39 is 0 Å². The summed E-state index contributed by atoms with van der Waals surface area (Å²) in [6.07, 6.45) is 22.9. The van der Waals surface area contributed by atoms with Gasteiger partial charge in [-0.1, -0.05) is 39.5 Å². The lowest BCUT2D eigenvalue weighted by atomic mass is 10.2. The third kappa shape index (κ3) is 9.51. The molecule has 0 aliphatic rings. The summed E-state index contributed by atoms with van der Waals surface area (Å²) in [7, 11) is 0. The Morgan fingerprint density at radius 2 is 1.11 bits per heavy atom. The van der Waals surface area contributed by atoms with E-state index >= 15 is 0 Å². The monoisotopic (exact) mass is 392 g/mol. The molecule has 0 aromatic carbocycles. The molecule has 0 N–H and O–H groups in total. The third-order valence-corrected chi connectivity index (χ3v) is 4.88. The van der Waals surface area contributed by atoms with Crippen LogP contribution in [0.3, 0.4) is 0 Å². The van der Waals surface area contributed by atoms with Crippen LogP contribution in [-0.4, -0.2) is 22.3 Å². The Morgan fingerprint density at radius 1 is 0.643 bits per heavy atom. The highest BCUT2D eigenvalue weighted by molar-refractivity contribution is 4.66. The zero-order valence-electron chi connectivity index (χ0n) is 18.0. The molecule has 2 aromatic heterocycles. The SMILES string of the molecule is CCCCCCn1cc[n+](COCCOC[n+]2ccn(CCCCCC)c2)c1. The van der Waals surface area contributed by atoms with Crippen molar-refractivity contribution in [2.75, 3.05) is 13.2 Å². The molecule has 0 bridgehead atoms. The zero-order chi connectivity index (χ0) is 19.9. The van der Waals surface area contributed by atoms with Gasteiger partial charge in [0, 0.05) is 0 Å². The van der Waals surface area contributed by atoms with E-state index in [0.717, 1.165) is 13.1 Å². The largest absolute Gasteiger partial charge is 0.339 e. The molecular formula is C22H40N4O2+2. The maximum Gasteiger partial charge on any atom is 0.245 e. The lowest BCUT2D eigenvalue weighted by molar-refractivity contribution is -0.737. The average Bonchev–Trinajstić information content (AvgIpc) is 3.35. The fraction of sp³-hybridized carbons (Fsp3) is 0.727. The summed E-state index contributed by atoms with van der Waals surface area (Å²) in [5.74, 6) is 0. The molecule has 0 saturated carbocycles. The maximum atomic E-state index is 5.71. The van der Waals surface area contributed by atoms with E-state index in [1.807, 2.05) is 0 Å². The minimum absolute atomic E-state index is 0.576. The first kappa shape index (κ1) is 22.6. The second kappa shape index (κ2) is 14.4. The molecule has 0 fully saturated rings. The fourth-order valence-corrected chi connectivity index (χ4v) is 3.19. The number of imidazole rings is 2. The van der Waals surface area contributed by atoms with E-state index in [1.165, 1.54) is 51.4 Å². The molecule has 0 aliphatic carbocycles. The number of ether oxygens (including phenoxy) is 2. The minimum Gasteiger partial charge on any atom is -0.339 e. The van der Waals surface area contributed by atoms with Gasteiger partial charge < -0.3 is 9.47 Å². The van der Waals surface area contributed by atoms with E-state index in [9.17, 15) is 0 Å². The summed E-state index contributed by atoms with van der Waals surface area (Å²) < 4.78 is 20.0. The van der Waals surface area contributed by atoms with Crippen LogP contribution in [0.25, 0.3) is 0 Å². The molecule has 158 valence electrons. The molecule has 0 amide bonds. The van der Waals surface area contributed by atoms with Crippen LogP contribution in [0.4, 0.5) is 0 Å². The second-order valence-electron chi connectivity index (χ2n) is 7.53. The maximum absolute atomic E-state index is 5.71. The Balaban J connectivity index is 1.49. The van der Waals surface area contributed by atoms with Crippen LogP contribution < -0.4 is 9.13 Å². The van der Waals surface area contributed by atoms with Gasteiger partial charge in [-0.25, -0.2) is 18.3 Å². The van der Waals surface area contributed by atoms with Gasteiger partial charge in [-0.15, -0.1) is 0 Å². The molecule has 0 atom stereocenters. The van der Waals surface area contributed by atoms with E-state index in [1.54, 1.807) is 0 Å². The predicted octanol–water partition coefficient (Wildman–Crippen LogP) is 3.67. The number of aryl methyl sites for hydroxylation is 2. The van der Waals surface area contributed by atoms with Crippen molar-refractivity contribution in [3.63, 3.8) is 0 Å². The quantitative estimate of drug-likeness (QED) is 0.304. The summed E-state index contributed by atoms with van der Waals surface area (Å²) >= 11 is 0. The highest BCUT2D eigenvalue weighted by Gasteiger charge is 2.05. The van der Waals surface area contributed by atoms with E-state index in [2.05, 4.69) is 69.6 Å². The lowest BCUT2D eigenvalue weighted by Gasteiger charge is -2.02. The van der Waals surface area contributed by atoms with Gasteiger partial charge >= 0.3 is 0 Å². The Labute approximate surface area is 170 Å². The highest BCUT2D eigenvalue weighted by atomic mass is 16.5. The summed E-state index contributed by atoms with van der Waals surface area (Å²) in [5, 5.41) is 0. The van der Waals surface area contributed by atoms with Crippen molar-refractivity contribution in [2.24, 2.45) is 0 Å². The molecule has 28 heavy (non-hydrogen) atoms. The number of aromatic nitrogens is 4. The van der Waals surface area contributed by atoms with Gasteiger partial charge in [-0.05, 0) is 25.7 Å². The van der Waals surface area contributed by atoms with Crippen molar-refractivity contribution in [2.45, 2.75) is 91.8 Å². The van der Waals surface area contributed by atoms with Gasteiger partial charge in [0.1, 0.15) is 24.8 Å². The average molecular weight is 393 g/mol. The first-order valence-corrected chi connectivity index (χ1v) is 11.1. The Hall–Kier alpha value is -1.66. The van der Waals surface area contributed by atoms with E-state index in [-0.39, 0.29) is 0 Å². The van der Waals surface area contributed by atoms with Crippen LogP contribution in [-0.2, 0) is 36.0 Å². The van der Waals surface area contributed by atoms with E-state index in [0.29, 0.717) is 26.7 Å². The molecule has 0 saturated heterocycles. The topological polar surface area (TPSA) is 36.1 Å². The van der Waals surface area contributed by atoms with E-state index in [4.69, 9.17) is 9.47 Å². The van der Waals surface area contributed by atoms with Crippen LogP contribution in [0, 0.1) is 0 Å². The first-order chi connectivity index (χ1) is 13.8. The van der Waals surface area contributed by atoms with Gasteiger partial charge in [-0.3, -0.25) is 0 Å². The predicted molar refractivity (Wildman–Crippen MR) is 109 cm³/mol. The van der Waals surface area contributed by atoms with Crippen molar-refractivity contribution in [1.29, 1.82) is 0 Å². The van der Waals surface area contributed by atoms with Gasteiger partial charge in [-0.2, -0.15) is 0 Å². The van der Waals surface area contributed by atoms with Crippen LogP contribution in [0.1, 0.15) is 65.2 Å². The summed E-state index contributed by atoms with van der Waals surface area (Å²) in [6.45, 7) is 9.03. The number of unbranched alkanes of at least 4 members (excludes halogenated alkanes) is 6. The molecule has 6 heteroatoms. The molecule has 6 nitrogen and oxygen atoms in total. The standard InChI is InChI=1S/C22H40N4O2/c1-3-5-7-9-11-23-13-15-25(19-23)21-27-17-18-28-22-26-16-14-24(20-26)12-10-8-6-4-2/h13-16,19-20H,3-12,17-18,21-22H2,1-2H3/q+2. The molecule has 2 aromatic rings. The minimum atomic E-state index is 0.576. The van der Waals surface area contributed by atoms with Gasteiger partial charge in [0.05, 0.1) is 26.3 Å². The van der Waals surface area contributed by atoms with Crippen LogP contribution in [0.15, 0.2) is 37.4 Å². The Kier molecular flexibility index (Phi) is 11.6. The van der Waals surface area contributed by atoms with Crippen molar-refractivity contribution in [3.05, 3.63) is 37.4 Å². The third-order valence-electron chi connectivity index (χ3n) is 4.88. The van der Waals surface area contributed by atoms with Crippen molar-refractivity contribution in [1.82, 2.24) is 9.13 Å². The van der Waals surface area contributed by atoms with Crippen molar-refractivity contribution < 1.29 is 18.6 Å². The smallest absolute Gasteiger partial charge is 0.245 e. The number of hydrogen-bond donors (Lipinski definition) is 0. The van der Waals surface area contributed by atoms with Crippen LogP contribution >= 0.6 is 0 Å². The van der Waals surface area contributed by atoms with Gasteiger partial charge in [0.25, 0.3) is 0 Å². The van der Waals surface area contributed by atoms with Crippen LogP contribution in [0.5, 0.6) is 0 Å².